The Bertz CT molecular complexity index is 819. The standard InChI is InChI=1S/C20H22Br2FNO3/c1-4-12(3)24-17-6-11(2)5-14(19(17)23)10-27-20-15(21)7-13(8-16(20)22)9-18(25)26/h5-8,12,24H,4,9-10H2,1-3H3,(H,25,26). The van der Waals surface area contributed by atoms with Gasteiger partial charge in [-0.05, 0) is 87.5 Å². The Morgan fingerprint density at radius 1 is 1.26 bits per heavy atom. The van der Waals surface area contributed by atoms with E-state index >= 15 is 0 Å². The van der Waals surface area contributed by atoms with Crippen molar-refractivity contribution in [3.8, 4) is 5.75 Å². The van der Waals surface area contributed by atoms with E-state index in [1.165, 1.54) is 0 Å². The van der Waals surface area contributed by atoms with E-state index < -0.39 is 5.97 Å². The molecule has 2 aromatic rings. The number of rotatable bonds is 8. The monoisotopic (exact) mass is 501 g/mol. The van der Waals surface area contributed by atoms with Crippen LogP contribution in [0.3, 0.4) is 0 Å². The molecule has 0 aliphatic rings. The molecule has 1 atom stereocenters. The largest absolute Gasteiger partial charge is 0.486 e. The number of carboxylic acid groups (broad SMARTS) is 1. The number of carbonyl (C=O) groups is 1. The van der Waals surface area contributed by atoms with Crippen molar-refractivity contribution in [3.05, 3.63) is 55.7 Å². The van der Waals surface area contributed by atoms with Crippen molar-refractivity contribution in [2.24, 2.45) is 0 Å². The third-order valence-corrected chi connectivity index (χ3v) is 5.27. The van der Waals surface area contributed by atoms with Gasteiger partial charge in [0, 0.05) is 11.6 Å². The molecule has 2 aromatic carbocycles. The van der Waals surface area contributed by atoms with E-state index in [-0.39, 0.29) is 24.9 Å². The fourth-order valence-electron chi connectivity index (χ4n) is 2.60. The Hall–Kier alpha value is -1.60. The zero-order valence-corrected chi connectivity index (χ0v) is 18.6. The van der Waals surface area contributed by atoms with Crippen LogP contribution in [0.15, 0.2) is 33.2 Å². The number of hydrogen-bond donors (Lipinski definition) is 2. The Balaban J connectivity index is 2.22. The fourth-order valence-corrected chi connectivity index (χ4v) is 4.11. The molecular weight excluding hydrogens is 481 g/mol. The van der Waals surface area contributed by atoms with E-state index in [2.05, 4.69) is 37.2 Å². The van der Waals surface area contributed by atoms with E-state index in [0.717, 1.165) is 12.0 Å². The van der Waals surface area contributed by atoms with Gasteiger partial charge in [0.25, 0.3) is 0 Å². The summed E-state index contributed by atoms with van der Waals surface area (Å²) in [6.45, 7) is 6.01. The predicted octanol–water partition coefficient (Wildman–Crippen LogP) is 6.08. The average molecular weight is 503 g/mol. The lowest BCUT2D eigenvalue weighted by atomic mass is 10.1. The topological polar surface area (TPSA) is 58.6 Å². The second kappa shape index (κ2) is 9.55. The zero-order valence-electron chi connectivity index (χ0n) is 15.4. The Labute approximate surface area is 175 Å². The molecule has 0 radical (unpaired) electrons. The molecule has 4 nitrogen and oxygen atoms in total. The quantitative estimate of drug-likeness (QED) is 0.459. The van der Waals surface area contributed by atoms with Crippen molar-refractivity contribution in [3.63, 3.8) is 0 Å². The normalized spacial score (nSPS) is 11.9. The molecule has 0 bridgehead atoms. The van der Waals surface area contributed by atoms with Gasteiger partial charge in [-0.3, -0.25) is 4.79 Å². The van der Waals surface area contributed by atoms with Gasteiger partial charge in [0.2, 0.25) is 0 Å². The summed E-state index contributed by atoms with van der Waals surface area (Å²) < 4.78 is 21.9. The molecule has 0 spiro atoms. The molecular formula is C20H22Br2FNO3. The first kappa shape index (κ1) is 21.7. The summed E-state index contributed by atoms with van der Waals surface area (Å²) in [6, 6.07) is 7.10. The molecule has 0 aliphatic carbocycles. The number of nitrogens with one attached hydrogen (secondary N) is 1. The summed E-state index contributed by atoms with van der Waals surface area (Å²) in [4.78, 5) is 10.9. The van der Waals surface area contributed by atoms with E-state index in [0.29, 0.717) is 31.5 Å². The molecule has 0 saturated carbocycles. The van der Waals surface area contributed by atoms with Gasteiger partial charge >= 0.3 is 5.97 Å². The van der Waals surface area contributed by atoms with Gasteiger partial charge < -0.3 is 15.2 Å². The van der Waals surface area contributed by atoms with Crippen molar-refractivity contribution < 1.29 is 19.0 Å². The van der Waals surface area contributed by atoms with Gasteiger partial charge in [-0.1, -0.05) is 6.92 Å². The minimum atomic E-state index is -0.911. The number of halogens is 3. The third-order valence-electron chi connectivity index (χ3n) is 4.09. The maximum atomic E-state index is 14.8. The van der Waals surface area contributed by atoms with Crippen LogP contribution in [0.5, 0.6) is 5.75 Å². The van der Waals surface area contributed by atoms with Crippen molar-refractivity contribution in [2.75, 3.05) is 5.32 Å². The van der Waals surface area contributed by atoms with Crippen LogP contribution in [0, 0.1) is 12.7 Å². The van der Waals surface area contributed by atoms with E-state index in [1.54, 1.807) is 24.3 Å². The van der Waals surface area contributed by atoms with Gasteiger partial charge in [-0.15, -0.1) is 0 Å². The highest BCUT2D eigenvalue weighted by atomic mass is 79.9. The van der Waals surface area contributed by atoms with Gasteiger partial charge in [-0.25, -0.2) is 4.39 Å². The van der Waals surface area contributed by atoms with Crippen molar-refractivity contribution in [1.82, 2.24) is 0 Å². The summed E-state index contributed by atoms with van der Waals surface area (Å²) >= 11 is 6.79. The Morgan fingerprint density at radius 2 is 1.89 bits per heavy atom. The predicted molar refractivity (Wildman–Crippen MR) is 112 cm³/mol. The van der Waals surface area contributed by atoms with Crippen LogP contribution >= 0.6 is 31.9 Å². The summed E-state index contributed by atoms with van der Waals surface area (Å²) in [5.41, 5.74) is 2.50. The molecule has 0 heterocycles. The van der Waals surface area contributed by atoms with Gasteiger partial charge in [0.15, 0.2) is 5.82 Å². The number of carboxylic acids is 1. The lowest BCUT2D eigenvalue weighted by molar-refractivity contribution is -0.136. The highest BCUT2D eigenvalue weighted by Gasteiger charge is 2.15. The number of aryl methyl sites for hydroxylation is 1. The smallest absolute Gasteiger partial charge is 0.307 e. The second-order valence-electron chi connectivity index (χ2n) is 6.49. The van der Waals surface area contributed by atoms with Crippen LogP contribution < -0.4 is 10.1 Å². The van der Waals surface area contributed by atoms with Crippen molar-refractivity contribution in [2.45, 2.75) is 46.3 Å². The van der Waals surface area contributed by atoms with Gasteiger partial charge in [-0.2, -0.15) is 0 Å². The van der Waals surface area contributed by atoms with Crippen LogP contribution in [-0.4, -0.2) is 17.1 Å². The molecule has 0 amide bonds. The van der Waals surface area contributed by atoms with E-state index in [1.807, 2.05) is 20.8 Å². The molecule has 146 valence electrons. The lowest BCUT2D eigenvalue weighted by Gasteiger charge is -2.17. The summed E-state index contributed by atoms with van der Waals surface area (Å²) in [7, 11) is 0. The highest BCUT2D eigenvalue weighted by Crippen LogP contribution is 2.36. The van der Waals surface area contributed by atoms with Crippen LogP contribution in [-0.2, 0) is 17.8 Å². The van der Waals surface area contributed by atoms with Gasteiger partial charge in [0.05, 0.1) is 21.1 Å². The molecule has 1 unspecified atom stereocenters. The summed E-state index contributed by atoms with van der Waals surface area (Å²) in [6.07, 6.45) is 0.802. The van der Waals surface area contributed by atoms with Crippen molar-refractivity contribution in [1.29, 1.82) is 0 Å². The van der Waals surface area contributed by atoms with Crippen LogP contribution in [0.2, 0.25) is 0 Å². The summed E-state index contributed by atoms with van der Waals surface area (Å²) in [5.74, 6) is -0.734. The molecule has 0 fully saturated rings. The zero-order chi connectivity index (χ0) is 20.1. The third kappa shape index (κ3) is 5.94. The molecule has 0 saturated heterocycles. The molecule has 0 aromatic heterocycles. The van der Waals surface area contributed by atoms with Crippen LogP contribution in [0.1, 0.15) is 37.0 Å². The second-order valence-corrected chi connectivity index (χ2v) is 8.20. The fraction of sp³-hybridized carbons (Fsp3) is 0.350. The summed E-state index contributed by atoms with van der Waals surface area (Å²) in [5, 5.41) is 12.1. The molecule has 7 heteroatoms. The number of hydrogen-bond acceptors (Lipinski definition) is 3. The Morgan fingerprint density at radius 3 is 2.44 bits per heavy atom. The van der Waals surface area contributed by atoms with E-state index in [4.69, 9.17) is 9.84 Å². The number of ether oxygens (including phenoxy) is 1. The first-order valence-corrected chi connectivity index (χ1v) is 10.2. The number of aliphatic carboxylic acids is 1. The van der Waals surface area contributed by atoms with Crippen molar-refractivity contribution >= 4 is 43.5 Å². The molecule has 27 heavy (non-hydrogen) atoms. The number of benzene rings is 2. The number of anilines is 1. The first-order valence-electron chi connectivity index (χ1n) is 8.59. The lowest BCUT2D eigenvalue weighted by Crippen LogP contribution is -2.15. The SMILES string of the molecule is CCC(C)Nc1cc(C)cc(COc2c(Br)cc(CC(=O)O)cc2Br)c1F. The van der Waals surface area contributed by atoms with Crippen LogP contribution in [0.4, 0.5) is 10.1 Å². The molecule has 0 aliphatic heterocycles. The first-order chi connectivity index (χ1) is 12.7. The molecule has 2 N–H and O–H groups in total. The van der Waals surface area contributed by atoms with Crippen LogP contribution in [0.25, 0.3) is 0 Å². The Kier molecular flexibility index (Phi) is 7.68. The maximum Gasteiger partial charge on any atom is 0.307 e. The molecule has 2 rings (SSSR count). The maximum absolute atomic E-state index is 14.8. The average Bonchev–Trinajstić information content (AvgIpc) is 2.57. The van der Waals surface area contributed by atoms with Gasteiger partial charge in [0.1, 0.15) is 12.4 Å². The highest BCUT2D eigenvalue weighted by molar-refractivity contribution is 9.11. The minimum absolute atomic E-state index is 0.0537. The van der Waals surface area contributed by atoms with E-state index in [9.17, 15) is 9.18 Å². The minimum Gasteiger partial charge on any atom is -0.486 e.